The smallest absolute Gasteiger partial charge is 0.224 e. The van der Waals surface area contributed by atoms with Gasteiger partial charge < -0.3 is 5.32 Å². The molecule has 7 heteroatoms. The molecule has 1 unspecified atom stereocenters. The molecule has 1 aliphatic rings. The highest BCUT2D eigenvalue weighted by atomic mass is 32.2. The zero-order valence-corrected chi connectivity index (χ0v) is 13.9. The Kier molecular flexibility index (Phi) is 5.90. The number of piperidine rings is 1. The van der Waals surface area contributed by atoms with Crippen molar-refractivity contribution in [3.8, 4) is 0 Å². The van der Waals surface area contributed by atoms with Gasteiger partial charge in [0.1, 0.15) is 5.82 Å². The number of amides is 1. The number of nitrogens with one attached hydrogen (secondary N) is 1. The molecular formula is C16H21FN2O3S. The fourth-order valence-electron chi connectivity index (χ4n) is 2.56. The molecule has 1 fully saturated rings. The second-order valence-corrected chi connectivity index (χ2v) is 7.67. The molecule has 2 rings (SSSR count). The maximum absolute atomic E-state index is 13.0. The molecule has 126 valence electrons. The molecule has 1 aromatic carbocycles. The van der Waals surface area contributed by atoms with E-state index >= 15 is 0 Å². The summed E-state index contributed by atoms with van der Waals surface area (Å²) in [7, 11) is -3.22. The minimum Gasteiger partial charge on any atom is -0.352 e. The van der Waals surface area contributed by atoms with Crippen LogP contribution in [0, 0.1) is 5.82 Å². The van der Waals surface area contributed by atoms with Crippen LogP contribution in [0.25, 0.3) is 6.08 Å². The minimum atomic E-state index is -3.22. The molecular weight excluding hydrogens is 319 g/mol. The number of hydrogen-bond acceptors (Lipinski definition) is 3. The van der Waals surface area contributed by atoms with Crippen LogP contribution in [-0.2, 0) is 14.8 Å². The Morgan fingerprint density at radius 3 is 2.96 bits per heavy atom. The van der Waals surface area contributed by atoms with E-state index in [1.165, 1.54) is 22.7 Å². The van der Waals surface area contributed by atoms with Crippen LogP contribution in [0.4, 0.5) is 4.39 Å². The van der Waals surface area contributed by atoms with Crippen LogP contribution in [0.15, 0.2) is 30.3 Å². The van der Waals surface area contributed by atoms with Crippen LogP contribution in [-0.4, -0.2) is 44.0 Å². The molecule has 0 radical (unpaired) electrons. The lowest BCUT2D eigenvalue weighted by Gasteiger charge is -2.31. The Hall–Kier alpha value is -1.73. The van der Waals surface area contributed by atoms with Crippen LogP contribution >= 0.6 is 0 Å². The highest BCUT2D eigenvalue weighted by molar-refractivity contribution is 7.88. The Balaban J connectivity index is 1.83. The molecule has 0 saturated carbocycles. The highest BCUT2D eigenvalue weighted by Gasteiger charge is 2.26. The second-order valence-electron chi connectivity index (χ2n) is 5.69. The fourth-order valence-corrected chi connectivity index (χ4v) is 3.47. The summed E-state index contributed by atoms with van der Waals surface area (Å²) < 4.78 is 37.5. The number of hydrogen-bond donors (Lipinski definition) is 1. The summed E-state index contributed by atoms with van der Waals surface area (Å²) in [5.74, 6) is -0.488. The number of rotatable bonds is 5. The largest absolute Gasteiger partial charge is 0.352 e. The Labute approximate surface area is 136 Å². The molecule has 0 aromatic heterocycles. The number of nitrogens with zero attached hydrogens (tertiary/aromatic N) is 1. The quantitative estimate of drug-likeness (QED) is 0.888. The van der Waals surface area contributed by atoms with E-state index in [1.54, 1.807) is 24.3 Å². The molecule has 1 N–H and O–H groups in total. The predicted octanol–water partition coefficient (Wildman–Crippen LogP) is 1.77. The van der Waals surface area contributed by atoms with Crippen molar-refractivity contribution in [3.63, 3.8) is 0 Å². The van der Waals surface area contributed by atoms with Gasteiger partial charge in [-0.05, 0) is 30.5 Å². The number of sulfonamides is 1. The van der Waals surface area contributed by atoms with Gasteiger partial charge in [0.15, 0.2) is 0 Å². The second kappa shape index (κ2) is 7.70. The van der Waals surface area contributed by atoms with Gasteiger partial charge in [0.25, 0.3) is 0 Å². The molecule has 1 heterocycles. The molecule has 0 spiro atoms. The maximum atomic E-state index is 13.0. The third-order valence-electron chi connectivity index (χ3n) is 3.68. The summed E-state index contributed by atoms with van der Waals surface area (Å²) >= 11 is 0. The average molecular weight is 340 g/mol. The van der Waals surface area contributed by atoms with Crippen LogP contribution in [0.1, 0.15) is 24.8 Å². The molecule has 23 heavy (non-hydrogen) atoms. The van der Waals surface area contributed by atoms with Crippen molar-refractivity contribution in [2.24, 2.45) is 0 Å². The third kappa shape index (κ3) is 5.76. The highest BCUT2D eigenvalue weighted by Crippen LogP contribution is 2.13. The van der Waals surface area contributed by atoms with Gasteiger partial charge in [0.05, 0.1) is 6.26 Å². The monoisotopic (exact) mass is 340 g/mol. The third-order valence-corrected chi connectivity index (χ3v) is 4.95. The number of carbonyl (C=O) groups is 1. The van der Waals surface area contributed by atoms with E-state index in [0.717, 1.165) is 12.8 Å². The van der Waals surface area contributed by atoms with E-state index in [2.05, 4.69) is 5.32 Å². The van der Waals surface area contributed by atoms with Crippen LogP contribution < -0.4 is 5.32 Å². The molecule has 1 aromatic rings. The summed E-state index contributed by atoms with van der Waals surface area (Å²) in [6.45, 7) is 0.822. The van der Waals surface area contributed by atoms with Gasteiger partial charge in [-0.25, -0.2) is 17.1 Å². The molecule has 5 nitrogen and oxygen atoms in total. The first-order chi connectivity index (χ1) is 10.8. The van der Waals surface area contributed by atoms with Crippen molar-refractivity contribution in [1.29, 1.82) is 0 Å². The standard InChI is InChI=1S/C16H21FN2O3S/c1-23(21,22)19-10-4-8-15(12-19)18-16(20)9-3-6-13-5-2-7-14(17)11-13/h2-3,5-7,11,15H,4,8-10,12H2,1H3,(H,18,20)/b6-3+. The normalized spacial score (nSPS) is 19.8. The lowest BCUT2D eigenvalue weighted by atomic mass is 10.1. The van der Waals surface area contributed by atoms with Gasteiger partial charge in [-0.3, -0.25) is 4.79 Å². The van der Waals surface area contributed by atoms with Gasteiger partial charge in [-0.1, -0.05) is 24.3 Å². The summed E-state index contributed by atoms with van der Waals surface area (Å²) in [5.41, 5.74) is 0.693. The first kappa shape index (κ1) is 17.6. The zero-order valence-electron chi connectivity index (χ0n) is 13.0. The van der Waals surface area contributed by atoms with Crippen LogP contribution in [0.5, 0.6) is 0 Å². The van der Waals surface area contributed by atoms with Gasteiger partial charge in [0, 0.05) is 25.6 Å². The Morgan fingerprint density at radius 1 is 1.48 bits per heavy atom. The van der Waals surface area contributed by atoms with Gasteiger partial charge in [-0.15, -0.1) is 0 Å². The first-order valence-electron chi connectivity index (χ1n) is 7.51. The number of carbonyl (C=O) groups excluding carboxylic acids is 1. The van der Waals surface area contributed by atoms with E-state index in [9.17, 15) is 17.6 Å². The summed E-state index contributed by atoms with van der Waals surface area (Å²) in [6.07, 6.45) is 6.21. The van der Waals surface area contributed by atoms with E-state index < -0.39 is 10.0 Å². The average Bonchev–Trinajstić information content (AvgIpc) is 2.46. The van der Waals surface area contributed by atoms with Gasteiger partial charge in [-0.2, -0.15) is 0 Å². The van der Waals surface area contributed by atoms with Crippen LogP contribution in [0.3, 0.4) is 0 Å². The van der Waals surface area contributed by atoms with Crippen molar-refractivity contribution >= 4 is 22.0 Å². The maximum Gasteiger partial charge on any atom is 0.224 e. The summed E-state index contributed by atoms with van der Waals surface area (Å²) in [4.78, 5) is 11.9. The summed E-state index contributed by atoms with van der Waals surface area (Å²) in [5, 5.41) is 2.85. The molecule has 0 bridgehead atoms. The van der Waals surface area contributed by atoms with Crippen molar-refractivity contribution in [1.82, 2.24) is 9.62 Å². The predicted molar refractivity (Wildman–Crippen MR) is 87.6 cm³/mol. The SMILES string of the molecule is CS(=O)(=O)N1CCCC(NC(=O)C/C=C/c2cccc(F)c2)C1. The minimum absolute atomic E-state index is 0.159. The van der Waals surface area contributed by atoms with E-state index in [1.807, 2.05) is 0 Å². The Morgan fingerprint density at radius 2 is 2.26 bits per heavy atom. The van der Waals surface area contributed by atoms with Crippen molar-refractivity contribution in [2.75, 3.05) is 19.3 Å². The van der Waals surface area contributed by atoms with E-state index in [0.29, 0.717) is 18.7 Å². The Bertz CT molecular complexity index is 688. The molecule has 0 aliphatic carbocycles. The van der Waals surface area contributed by atoms with Gasteiger partial charge in [0.2, 0.25) is 15.9 Å². The van der Waals surface area contributed by atoms with Crippen molar-refractivity contribution in [2.45, 2.75) is 25.3 Å². The molecule has 1 amide bonds. The van der Waals surface area contributed by atoms with E-state index in [4.69, 9.17) is 0 Å². The van der Waals surface area contributed by atoms with Crippen molar-refractivity contribution in [3.05, 3.63) is 41.7 Å². The van der Waals surface area contributed by atoms with Gasteiger partial charge >= 0.3 is 0 Å². The zero-order chi connectivity index (χ0) is 16.9. The fraction of sp³-hybridized carbons (Fsp3) is 0.438. The molecule has 1 saturated heterocycles. The molecule has 1 aliphatic heterocycles. The lowest BCUT2D eigenvalue weighted by Crippen LogP contribution is -2.49. The summed E-state index contributed by atoms with van der Waals surface area (Å²) in [6, 6.07) is 5.95. The molecule has 1 atom stereocenters. The van der Waals surface area contributed by atoms with Crippen LogP contribution in [0.2, 0.25) is 0 Å². The number of halogens is 1. The topological polar surface area (TPSA) is 66.5 Å². The first-order valence-corrected chi connectivity index (χ1v) is 9.36. The lowest BCUT2D eigenvalue weighted by molar-refractivity contribution is -0.121. The van der Waals surface area contributed by atoms with Crippen molar-refractivity contribution < 1.29 is 17.6 Å². The van der Waals surface area contributed by atoms with E-state index in [-0.39, 0.29) is 24.2 Å². The number of benzene rings is 1.